The van der Waals surface area contributed by atoms with Crippen LogP contribution in [0.15, 0.2) is 72.8 Å². The molecule has 0 aliphatic heterocycles. The van der Waals surface area contributed by atoms with Crippen LogP contribution in [0, 0.1) is 0 Å². The SMILES string of the molecule is Oc1cc(O)cc(-c2nc3ccc(-c4ccc5nc(-c6cc(O)cc(O)c6)[nH]c5c4)cc3[nH]2)c1. The van der Waals surface area contributed by atoms with Crippen LogP contribution in [0.4, 0.5) is 0 Å². The molecule has 4 aromatic carbocycles. The van der Waals surface area contributed by atoms with Gasteiger partial charge >= 0.3 is 0 Å². The molecule has 0 saturated heterocycles. The summed E-state index contributed by atoms with van der Waals surface area (Å²) in [4.78, 5) is 15.6. The second kappa shape index (κ2) is 7.28. The summed E-state index contributed by atoms with van der Waals surface area (Å²) in [5, 5.41) is 39.1. The van der Waals surface area contributed by atoms with Gasteiger partial charge in [-0.25, -0.2) is 9.97 Å². The lowest BCUT2D eigenvalue weighted by atomic mass is 10.0. The van der Waals surface area contributed by atoms with Crippen molar-refractivity contribution in [2.75, 3.05) is 0 Å². The Bertz CT molecular complexity index is 1550. The van der Waals surface area contributed by atoms with Gasteiger partial charge in [0.2, 0.25) is 0 Å². The predicted octanol–water partition coefficient (Wildman–Crippen LogP) is 5.26. The molecule has 0 radical (unpaired) electrons. The van der Waals surface area contributed by atoms with E-state index in [2.05, 4.69) is 19.9 Å². The van der Waals surface area contributed by atoms with Gasteiger partial charge in [0.25, 0.3) is 0 Å². The van der Waals surface area contributed by atoms with Gasteiger partial charge < -0.3 is 30.4 Å². The summed E-state index contributed by atoms with van der Waals surface area (Å²) in [6.45, 7) is 0. The van der Waals surface area contributed by atoms with E-state index in [4.69, 9.17) is 0 Å². The lowest BCUT2D eigenvalue weighted by molar-refractivity contribution is 0.450. The molecule has 34 heavy (non-hydrogen) atoms. The highest BCUT2D eigenvalue weighted by Gasteiger charge is 2.12. The normalized spacial score (nSPS) is 11.4. The van der Waals surface area contributed by atoms with Crippen LogP contribution < -0.4 is 0 Å². The van der Waals surface area contributed by atoms with Crippen LogP contribution in [-0.4, -0.2) is 40.4 Å². The number of phenols is 4. The maximum atomic E-state index is 9.78. The van der Waals surface area contributed by atoms with Gasteiger partial charge in [0.15, 0.2) is 0 Å². The predicted molar refractivity (Wildman–Crippen MR) is 129 cm³/mol. The maximum Gasteiger partial charge on any atom is 0.138 e. The van der Waals surface area contributed by atoms with Crippen LogP contribution in [0.25, 0.3) is 56.0 Å². The zero-order valence-electron chi connectivity index (χ0n) is 17.6. The van der Waals surface area contributed by atoms with Crippen molar-refractivity contribution in [1.82, 2.24) is 19.9 Å². The Morgan fingerprint density at radius 2 is 0.824 bits per heavy atom. The third-order valence-electron chi connectivity index (χ3n) is 5.65. The molecule has 2 heterocycles. The van der Waals surface area contributed by atoms with E-state index < -0.39 is 0 Å². The second-order valence-electron chi connectivity index (χ2n) is 8.11. The second-order valence-corrected chi connectivity index (χ2v) is 8.11. The minimum absolute atomic E-state index is 0.0377. The van der Waals surface area contributed by atoms with Crippen LogP contribution in [0.2, 0.25) is 0 Å². The summed E-state index contributed by atoms with van der Waals surface area (Å²) < 4.78 is 0. The number of benzene rings is 4. The third kappa shape index (κ3) is 3.43. The molecular formula is C26H18N4O4. The van der Waals surface area contributed by atoms with Crippen LogP contribution in [0.1, 0.15) is 0 Å². The van der Waals surface area contributed by atoms with Gasteiger partial charge in [-0.15, -0.1) is 0 Å². The summed E-state index contributed by atoms with van der Waals surface area (Å²) in [5.74, 6) is 0.935. The largest absolute Gasteiger partial charge is 0.508 e. The number of H-pyrrole nitrogens is 2. The van der Waals surface area contributed by atoms with Crippen LogP contribution in [0.5, 0.6) is 23.0 Å². The van der Waals surface area contributed by atoms with Gasteiger partial charge in [-0.05, 0) is 59.7 Å². The zero-order chi connectivity index (χ0) is 23.4. The number of phenolic OH excluding ortho intramolecular Hbond substituents is 4. The number of nitrogens with one attached hydrogen (secondary N) is 2. The Labute approximate surface area is 192 Å². The molecule has 2 aromatic heterocycles. The van der Waals surface area contributed by atoms with E-state index in [1.165, 1.54) is 36.4 Å². The third-order valence-corrected chi connectivity index (χ3v) is 5.65. The number of fused-ring (bicyclic) bond motifs is 2. The van der Waals surface area contributed by atoms with Gasteiger partial charge in [-0.1, -0.05) is 12.1 Å². The van der Waals surface area contributed by atoms with Gasteiger partial charge in [0.05, 0.1) is 22.1 Å². The lowest BCUT2D eigenvalue weighted by Gasteiger charge is -2.02. The van der Waals surface area contributed by atoms with Crippen molar-refractivity contribution < 1.29 is 20.4 Å². The number of aromatic amines is 2. The molecule has 166 valence electrons. The summed E-state index contributed by atoms with van der Waals surface area (Å²) in [5.41, 5.74) is 6.25. The number of hydrogen-bond donors (Lipinski definition) is 6. The summed E-state index contributed by atoms with van der Waals surface area (Å²) >= 11 is 0. The highest BCUT2D eigenvalue weighted by atomic mass is 16.3. The van der Waals surface area contributed by atoms with Gasteiger partial charge in [0, 0.05) is 23.3 Å². The van der Waals surface area contributed by atoms with E-state index in [-0.39, 0.29) is 23.0 Å². The molecule has 6 N–H and O–H groups in total. The van der Waals surface area contributed by atoms with Crippen molar-refractivity contribution in [2.24, 2.45) is 0 Å². The monoisotopic (exact) mass is 450 g/mol. The molecule has 6 rings (SSSR count). The maximum absolute atomic E-state index is 9.78. The van der Waals surface area contributed by atoms with Crippen molar-refractivity contribution in [1.29, 1.82) is 0 Å². The highest BCUT2D eigenvalue weighted by Crippen LogP contribution is 2.32. The number of aromatic nitrogens is 4. The van der Waals surface area contributed by atoms with Crippen LogP contribution >= 0.6 is 0 Å². The molecule has 0 fully saturated rings. The van der Waals surface area contributed by atoms with E-state index in [1.54, 1.807) is 0 Å². The fraction of sp³-hybridized carbons (Fsp3) is 0. The van der Waals surface area contributed by atoms with Crippen molar-refractivity contribution in [2.45, 2.75) is 0 Å². The summed E-state index contributed by atoms with van der Waals surface area (Å²) in [6.07, 6.45) is 0. The highest BCUT2D eigenvalue weighted by molar-refractivity contribution is 5.88. The van der Waals surface area contributed by atoms with E-state index in [9.17, 15) is 20.4 Å². The van der Waals surface area contributed by atoms with Crippen molar-refractivity contribution in [3.63, 3.8) is 0 Å². The number of hydrogen-bond acceptors (Lipinski definition) is 6. The average molecular weight is 450 g/mol. The molecule has 0 atom stereocenters. The van der Waals surface area contributed by atoms with E-state index >= 15 is 0 Å². The number of aromatic hydroxyl groups is 4. The Hall–Kier alpha value is -4.98. The number of imidazole rings is 2. The molecule has 0 unspecified atom stereocenters. The van der Waals surface area contributed by atoms with Crippen molar-refractivity contribution in [3.8, 4) is 56.9 Å². The fourth-order valence-electron chi connectivity index (χ4n) is 4.12. The van der Waals surface area contributed by atoms with E-state index in [1.807, 2.05) is 36.4 Å². The molecule has 6 aromatic rings. The first-order valence-corrected chi connectivity index (χ1v) is 10.5. The first kappa shape index (κ1) is 19.7. The Morgan fingerprint density at radius 3 is 1.21 bits per heavy atom. The zero-order valence-corrected chi connectivity index (χ0v) is 17.6. The van der Waals surface area contributed by atoms with Crippen molar-refractivity contribution >= 4 is 22.1 Å². The molecule has 0 spiro atoms. The lowest BCUT2D eigenvalue weighted by Crippen LogP contribution is -1.80. The minimum Gasteiger partial charge on any atom is -0.508 e. The molecular weight excluding hydrogens is 432 g/mol. The molecule has 0 aliphatic rings. The van der Waals surface area contributed by atoms with Crippen LogP contribution in [0.3, 0.4) is 0 Å². The first-order chi connectivity index (χ1) is 16.4. The quantitative estimate of drug-likeness (QED) is 0.217. The molecule has 0 bridgehead atoms. The summed E-state index contributed by atoms with van der Waals surface area (Å²) in [7, 11) is 0. The Balaban J connectivity index is 1.38. The fourth-order valence-corrected chi connectivity index (χ4v) is 4.12. The standard InChI is InChI=1S/C26H18N4O4/c31-17-5-15(6-18(32)11-17)25-27-21-3-1-13(9-23(21)29-25)14-2-4-22-24(10-14)30-26(28-22)16-7-19(33)12-20(34)8-16/h1-12,31-34H,(H,27,29)(H,28,30). The Kier molecular flexibility index (Phi) is 4.21. The number of nitrogens with zero attached hydrogens (tertiary/aromatic N) is 2. The van der Waals surface area contributed by atoms with Gasteiger partial charge in [0.1, 0.15) is 34.6 Å². The molecule has 0 saturated carbocycles. The molecule has 8 heteroatoms. The molecule has 0 amide bonds. The molecule has 0 aliphatic carbocycles. The Morgan fingerprint density at radius 1 is 0.441 bits per heavy atom. The number of rotatable bonds is 3. The van der Waals surface area contributed by atoms with Gasteiger partial charge in [-0.2, -0.15) is 0 Å². The topological polar surface area (TPSA) is 138 Å². The molecule has 8 nitrogen and oxygen atoms in total. The van der Waals surface area contributed by atoms with E-state index in [0.29, 0.717) is 22.8 Å². The first-order valence-electron chi connectivity index (χ1n) is 10.5. The minimum atomic E-state index is -0.0377. The van der Waals surface area contributed by atoms with Crippen molar-refractivity contribution in [3.05, 3.63) is 72.8 Å². The van der Waals surface area contributed by atoms with E-state index in [0.717, 1.165) is 33.2 Å². The average Bonchev–Trinajstić information content (AvgIpc) is 3.41. The van der Waals surface area contributed by atoms with Crippen LogP contribution in [-0.2, 0) is 0 Å². The smallest absolute Gasteiger partial charge is 0.138 e. The van der Waals surface area contributed by atoms with Gasteiger partial charge in [-0.3, -0.25) is 0 Å². The summed E-state index contributed by atoms with van der Waals surface area (Å²) in [6, 6.07) is 20.4.